The maximum Gasteiger partial charge on any atom is 0.267 e. The van der Waals surface area contributed by atoms with E-state index < -0.39 is 0 Å². The Morgan fingerprint density at radius 3 is 2.72 bits per heavy atom. The number of aromatic nitrogens is 4. The number of hydrogen-bond acceptors (Lipinski definition) is 6. The van der Waals surface area contributed by atoms with Crippen molar-refractivity contribution < 1.29 is 13.9 Å². The number of carbonyl (C=O) groups excluding carboxylic acids is 1. The summed E-state index contributed by atoms with van der Waals surface area (Å²) in [5, 5.41) is 8.27. The molecule has 8 nitrogen and oxygen atoms in total. The van der Waals surface area contributed by atoms with E-state index in [1.165, 1.54) is 0 Å². The van der Waals surface area contributed by atoms with Gasteiger partial charge in [-0.15, -0.1) is 10.2 Å². The summed E-state index contributed by atoms with van der Waals surface area (Å²) >= 11 is 0. The summed E-state index contributed by atoms with van der Waals surface area (Å²) < 4.78 is 12.8. The smallest absolute Gasteiger partial charge is 0.267 e. The topological polar surface area (TPSA) is 86.3 Å². The molecule has 2 unspecified atom stereocenters. The molecule has 2 atom stereocenters. The van der Waals surface area contributed by atoms with E-state index in [0.29, 0.717) is 37.2 Å². The Balaban J connectivity index is 1.64. The summed E-state index contributed by atoms with van der Waals surface area (Å²) in [4.78, 5) is 18.6. The highest BCUT2D eigenvalue weighted by Gasteiger charge is 2.47. The van der Waals surface area contributed by atoms with Gasteiger partial charge in [-0.2, -0.15) is 0 Å². The van der Waals surface area contributed by atoms with Crippen LogP contribution in [0.15, 0.2) is 16.9 Å². The minimum Gasteiger partial charge on any atom is -0.418 e. The third-order valence-corrected chi connectivity index (χ3v) is 4.93. The molecule has 0 spiro atoms. The highest BCUT2D eigenvalue weighted by molar-refractivity contribution is 5.80. The van der Waals surface area contributed by atoms with Crippen molar-refractivity contribution in [1.29, 1.82) is 0 Å². The van der Waals surface area contributed by atoms with Gasteiger partial charge in [0.2, 0.25) is 11.8 Å². The molecule has 25 heavy (non-hydrogen) atoms. The summed E-state index contributed by atoms with van der Waals surface area (Å²) in [5.74, 6) is 1.21. The van der Waals surface area contributed by atoms with Crippen LogP contribution in [0.2, 0.25) is 0 Å². The van der Waals surface area contributed by atoms with Gasteiger partial charge in [-0.1, -0.05) is 13.8 Å². The maximum atomic E-state index is 12.6. The van der Waals surface area contributed by atoms with Crippen LogP contribution in [0.5, 0.6) is 0 Å². The van der Waals surface area contributed by atoms with E-state index in [2.05, 4.69) is 15.2 Å². The van der Waals surface area contributed by atoms with Crippen LogP contribution < -0.4 is 0 Å². The zero-order valence-electron chi connectivity index (χ0n) is 15.4. The second-order valence-corrected chi connectivity index (χ2v) is 7.31. The fourth-order valence-corrected chi connectivity index (χ4v) is 3.12. The molecule has 1 aliphatic heterocycles. The van der Waals surface area contributed by atoms with Crippen molar-refractivity contribution in [1.82, 2.24) is 24.6 Å². The van der Waals surface area contributed by atoms with Gasteiger partial charge in [-0.3, -0.25) is 4.79 Å². The number of rotatable bonds is 6. The number of methoxy groups -OCH3 is 1. The summed E-state index contributed by atoms with van der Waals surface area (Å²) in [7, 11) is 3.54. The predicted molar refractivity (Wildman–Crippen MR) is 90.6 cm³/mol. The van der Waals surface area contributed by atoms with Crippen molar-refractivity contribution in [3.8, 4) is 11.6 Å². The number of imidazole rings is 1. The lowest BCUT2D eigenvalue weighted by Gasteiger charge is -2.46. The first-order valence-corrected chi connectivity index (χ1v) is 8.44. The third kappa shape index (κ3) is 3.30. The van der Waals surface area contributed by atoms with Gasteiger partial charge in [-0.05, 0) is 12.8 Å². The van der Waals surface area contributed by atoms with Gasteiger partial charge in [0.1, 0.15) is 5.69 Å². The standard InChI is InChI=1S/C17H25N5O3/c1-11(7-24-5)12(2)15(23)22-8-17(3,9-22)16-20-19-14(25-16)13-6-21(4)10-18-13/h6,10-12H,7-9H2,1-5H3. The molecular weight excluding hydrogens is 322 g/mol. The fourth-order valence-electron chi connectivity index (χ4n) is 3.12. The first kappa shape index (κ1) is 17.6. The van der Waals surface area contributed by atoms with Crippen LogP contribution >= 0.6 is 0 Å². The lowest BCUT2D eigenvalue weighted by molar-refractivity contribution is -0.145. The van der Waals surface area contributed by atoms with E-state index in [0.717, 1.165) is 0 Å². The minimum absolute atomic E-state index is 0.0729. The first-order chi connectivity index (χ1) is 11.8. The minimum atomic E-state index is -0.306. The van der Waals surface area contributed by atoms with Crippen molar-refractivity contribution in [3.05, 3.63) is 18.4 Å². The molecule has 3 rings (SSSR count). The summed E-state index contributed by atoms with van der Waals surface area (Å²) in [5.41, 5.74) is 0.346. The van der Waals surface area contributed by atoms with Crippen LogP contribution in [0, 0.1) is 11.8 Å². The van der Waals surface area contributed by atoms with Crippen LogP contribution in [0.25, 0.3) is 11.6 Å². The Labute approximate surface area is 147 Å². The van der Waals surface area contributed by atoms with Gasteiger partial charge < -0.3 is 18.6 Å². The molecule has 2 aromatic rings. The van der Waals surface area contributed by atoms with Crippen molar-refractivity contribution >= 4 is 5.91 Å². The molecule has 0 N–H and O–H groups in total. The molecule has 1 fully saturated rings. The Hall–Kier alpha value is -2.22. The number of likely N-dealkylation sites (tertiary alicyclic amines) is 1. The van der Waals surface area contributed by atoms with Gasteiger partial charge in [0.15, 0.2) is 0 Å². The van der Waals surface area contributed by atoms with E-state index >= 15 is 0 Å². The number of amides is 1. The molecule has 0 aliphatic carbocycles. The van der Waals surface area contributed by atoms with Crippen LogP contribution in [-0.4, -0.2) is 57.4 Å². The van der Waals surface area contributed by atoms with Crippen molar-refractivity contribution in [3.63, 3.8) is 0 Å². The molecule has 0 aromatic carbocycles. The molecule has 0 radical (unpaired) electrons. The highest BCUT2D eigenvalue weighted by Crippen LogP contribution is 2.35. The van der Waals surface area contributed by atoms with Crippen LogP contribution in [0.3, 0.4) is 0 Å². The predicted octanol–water partition coefficient (Wildman–Crippen LogP) is 1.49. The average Bonchev–Trinajstić information content (AvgIpc) is 3.19. The Bertz CT molecular complexity index is 747. The van der Waals surface area contributed by atoms with E-state index in [4.69, 9.17) is 9.15 Å². The molecule has 8 heteroatoms. The van der Waals surface area contributed by atoms with E-state index in [1.807, 2.05) is 43.5 Å². The number of aryl methyl sites for hydroxylation is 1. The normalized spacial score (nSPS) is 18.7. The maximum absolute atomic E-state index is 12.6. The van der Waals surface area contributed by atoms with E-state index in [1.54, 1.807) is 13.4 Å². The Morgan fingerprint density at radius 1 is 1.40 bits per heavy atom. The molecule has 0 bridgehead atoms. The van der Waals surface area contributed by atoms with Gasteiger partial charge in [0, 0.05) is 46.0 Å². The summed E-state index contributed by atoms with van der Waals surface area (Å²) in [6.07, 6.45) is 3.52. The molecule has 1 saturated heterocycles. The lowest BCUT2D eigenvalue weighted by atomic mass is 9.80. The van der Waals surface area contributed by atoms with Gasteiger partial charge in [0.05, 0.1) is 11.7 Å². The zero-order chi connectivity index (χ0) is 18.2. The Kier molecular flexibility index (Phi) is 4.64. The van der Waals surface area contributed by atoms with Gasteiger partial charge in [0.25, 0.3) is 5.89 Å². The Morgan fingerprint density at radius 2 is 2.12 bits per heavy atom. The van der Waals surface area contributed by atoms with Crippen LogP contribution in [0.4, 0.5) is 0 Å². The van der Waals surface area contributed by atoms with Crippen molar-refractivity contribution in [2.24, 2.45) is 18.9 Å². The lowest BCUT2D eigenvalue weighted by Crippen LogP contribution is -2.61. The van der Waals surface area contributed by atoms with Crippen LogP contribution in [0.1, 0.15) is 26.7 Å². The summed E-state index contributed by atoms with van der Waals surface area (Å²) in [6, 6.07) is 0. The molecule has 136 valence electrons. The van der Waals surface area contributed by atoms with Gasteiger partial charge in [-0.25, -0.2) is 4.98 Å². The van der Waals surface area contributed by atoms with E-state index in [-0.39, 0.29) is 23.2 Å². The number of hydrogen-bond donors (Lipinski definition) is 0. The monoisotopic (exact) mass is 347 g/mol. The molecule has 2 aromatic heterocycles. The summed E-state index contributed by atoms with van der Waals surface area (Å²) in [6.45, 7) is 7.76. The number of ether oxygens (including phenoxy) is 1. The number of carbonyl (C=O) groups is 1. The van der Waals surface area contributed by atoms with Gasteiger partial charge >= 0.3 is 0 Å². The largest absolute Gasteiger partial charge is 0.418 e. The highest BCUT2D eigenvalue weighted by atomic mass is 16.5. The molecule has 1 aliphatic rings. The quantitative estimate of drug-likeness (QED) is 0.787. The van der Waals surface area contributed by atoms with Crippen molar-refractivity contribution in [2.75, 3.05) is 26.8 Å². The fraction of sp³-hybridized carbons (Fsp3) is 0.647. The van der Waals surface area contributed by atoms with Crippen molar-refractivity contribution in [2.45, 2.75) is 26.2 Å². The molecule has 3 heterocycles. The second-order valence-electron chi connectivity index (χ2n) is 7.31. The first-order valence-electron chi connectivity index (χ1n) is 8.44. The molecule has 0 saturated carbocycles. The molecule has 1 amide bonds. The second kappa shape index (κ2) is 6.59. The molecular formula is C17H25N5O3. The zero-order valence-corrected chi connectivity index (χ0v) is 15.4. The number of nitrogens with zero attached hydrogens (tertiary/aromatic N) is 5. The third-order valence-electron chi connectivity index (χ3n) is 4.93. The van der Waals surface area contributed by atoms with E-state index in [9.17, 15) is 4.79 Å². The van der Waals surface area contributed by atoms with Crippen LogP contribution in [-0.2, 0) is 22.0 Å². The average molecular weight is 347 g/mol. The SMILES string of the molecule is COCC(C)C(C)C(=O)N1CC(C)(c2nnc(-c3cn(C)cn3)o2)C1.